The summed E-state index contributed by atoms with van der Waals surface area (Å²) in [5.41, 5.74) is 2.12. The molecule has 5 heteroatoms. The minimum atomic E-state index is -0.431. The Bertz CT molecular complexity index is 895. The molecule has 0 unspecified atom stereocenters. The minimum absolute atomic E-state index is 0.0279. The van der Waals surface area contributed by atoms with Crippen LogP contribution in [-0.4, -0.2) is 25.1 Å². The van der Waals surface area contributed by atoms with E-state index in [9.17, 15) is 9.18 Å². The molecule has 1 aliphatic heterocycles. The number of anilines is 1. The number of halogens is 1. The Morgan fingerprint density at radius 1 is 1.22 bits per heavy atom. The van der Waals surface area contributed by atoms with E-state index in [4.69, 9.17) is 4.74 Å². The SMILES string of the molecule is CN1C(=O)CCOc2ccc(C#CC(C)(C)NCc3ccc(F)cc3)cc21. The molecule has 4 nitrogen and oxygen atoms in total. The summed E-state index contributed by atoms with van der Waals surface area (Å²) in [6.07, 6.45) is 0.368. The zero-order valence-electron chi connectivity index (χ0n) is 15.8. The van der Waals surface area contributed by atoms with Gasteiger partial charge in [-0.25, -0.2) is 4.39 Å². The number of rotatable bonds is 3. The number of amides is 1. The number of nitrogens with zero attached hydrogens (tertiary/aromatic N) is 1. The number of fused-ring (bicyclic) bond motifs is 1. The van der Waals surface area contributed by atoms with E-state index in [-0.39, 0.29) is 11.7 Å². The maximum atomic E-state index is 13.0. The first kappa shape index (κ1) is 18.9. The average molecular weight is 366 g/mol. The van der Waals surface area contributed by atoms with Crippen LogP contribution in [0.25, 0.3) is 0 Å². The third kappa shape index (κ3) is 4.87. The summed E-state index contributed by atoms with van der Waals surface area (Å²) in [5, 5.41) is 3.37. The highest BCUT2D eigenvalue weighted by molar-refractivity contribution is 5.95. The maximum absolute atomic E-state index is 13.0. The van der Waals surface area contributed by atoms with Gasteiger partial charge in [0.05, 0.1) is 24.3 Å². The lowest BCUT2D eigenvalue weighted by molar-refractivity contribution is -0.118. The maximum Gasteiger partial charge on any atom is 0.230 e. The fraction of sp³-hybridized carbons (Fsp3) is 0.318. The molecule has 0 atom stereocenters. The highest BCUT2D eigenvalue weighted by Crippen LogP contribution is 2.31. The normalized spacial score (nSPS) is 13.9. The van der Waals surface area contributed by atoms with Gasteiger partial charge in [0.25, 0.3) is 0 Å². The van der Waals surface area contributed by atoms with Gasteiger partial charge in [0.15, 0.2) is 0 Å². The second-order valence-corrected chi connectivity index (χ2v) is 7.09. The van der Waals surface area contributed by atoms with Crippen molar-refractivity contribution in [2.24, 2.45) is 0 Å². The number of ether oxygens (including phenoxy) is 1. The van der Waals surface area contributed by atoms with Crippen LogP contribution in [0, 0.1) is 17.7 Å². The van der Waals surface area contributed by atoms with Crippen LogP contribution in [0.5, 0.6) is 5.75 Å². The van der Waals surface area contributed by atoms with Gasteiger partial charge in [0, 0.05) is 19.2 Å². The molecular formula is C22H23FN2O2. The van der Waals surface area contributed by atoms with E-state index in [1.807, 2.05) is 32.0 Å². The predicted octanol–water partition coefficient (Wildman–Crippen LogP) is 3.49. The molecule has 1 heterocycles. The molecule has 0 saturated carbocycles. The van der Waals surface area contributed by atoms with Gasteiger partial charge in [0.2, 0.25) is 5.91 Å². The molecule has 0 aliphatic carbocycles. The van der Waals surface area contributed by atoms with Gasteiger partial charge in [0.1, 0.15) is 11.6 Å². The van der Waals surface area contributed by atoms with Crippen molar-refractivity contribution in [2.45, 2.75) is 32.4 Å². The van der Waals surface area contributed by atoms with Crippen LogP contribution in [0.2, 0.25) is 0 Å². The van der Waals surface area contributed by atoms with Crippen LogP contribution in [-0.2, 0) is 11.3 Å². The Morgan fingerprint density at radius 3 is 2.70 bits per heavy atom. The van der Waals surface area contributed by atoms with Crippen LogP contribution in [0.1, 0.15) is 31.4 Å². The Balaban J connectivity index is 1.73. The van der Waals surface area contributed by atoms with Crippen LogP contribution in [0.3, 0.4) is 0 Å². The Labute approximate surface area is 159 Å². The van der Waals surface area contributed by atoms with E-state index in [0.717, 1.165) is 16.8 Å². The Morgan fingerprint density at radius 2 is 1.96 bits per heavy atom. The van der Waals surface area contributed by atoms with Crippen LogP contribution in [0.4, 0.5) is 10.1 Å². The standard InChI is InChI=1S/C22H23FN2O2/c1-22(2,24-15-17-4-7-18(23)8-5-17)12-10-16-6-9-20-19(14-16)25(3)21(26)11-13-27-20/h4-9,14,24H,11,13,15H2,1-3H3. The van der Waals surface area contributed by atoms with Crippen molar-refractivity contribution in [1.29, 1.82) is 0 Å². The van der Waals surface area contributed by atoms with E-state index in [1.165, 1.54) is 12.1 Å². The monoisotopic (exact) mass is 366 g/mol. The topological polar surface area (TPSA) is 41.6 Å². The van der Waals surface area contributed by atoms with E-state index in [0.29, 0.717) is 25.3 Å². The molecule has 0 aromatic heterocycles. The highest BCUT2D eigenvalue weighted by Gasteiger charge is 2.20. The summed E-state index contributed by atoms with van der Waals surface area (Å²) in [6, 6.07) is 12.0. The van der Waals surface area contributed by atoms with Crippen LogP contribution in [0.15, 0.2) is 42.5 Å². The average Bonchev–Trinajstić information content (AvgIpc) is 2.79. The molecule has 1 N–H and O–H groups in total. The second kappa shape index (κ2) is 7.81. The molecule has 0 saturated heterocycles. The van der Waals surface area contributed by atoms with Gasteiger partial charge in [-0.1, -0.05) is 24.0 Å². The van der Waals surface area contributed by atoms with Crippen molar-refractivity contribution < 1.29 is 13.9 Å². The number of hydrogen-bond donors (Lipinski definition) is 1. The number of carbonyl (C=O) groups is 1. The summed E-state index contributed by atoms with van der Waals surface area (Å²) in [6.45, 7) is 4.97. The third-order valence-electron chi connectivity index (χ3n) is 4.43. The smallest absolute Gasteiger partial charge is 0.230 e. The first-order valence-corrected chi connectivity index (χ1v) is 8.90. The molecular weight excluding hydrogens is 343 g/mol. The largest absolute Gasteiger partial charge is 0.491 e. The van der Waals surface area contributed by atoms with E-state index >= 15 is 0 Å². The molecule has 1 aliphatic rings. The Hall–Kier alpha value is -2.84. The quantitative estimate of drug-likeness (QED) is 0.846. The van der Waals surface area contributed by atoms with Crippen molar-refractivity contribution in [3.8, 4) is 17.6 Å². The second-order valence-electron chi connectivity index (χ2n) is 7.09. The molecule has 3 rings (SSSR count). The lowest BCUT2D eigenvalue weighted by Gasteiger charge is -2.20. The van der Waals surface area contributed by atoms with Crippen molar-refractivity contribution in [3.05, 3.63) is 59.4 Å². The molecule has 0 bridgehead atoms. The van der Waals surface area contributed by atoms with E-state index < -0.39 is 5.54 Å². The highest BCUT2D eigenvalue weighted by atomic mass is 19.1. The summed E-state index contributed by atoms with van der Waals surface area (Å²) >= 11 is 0. The number of carbonyl (C=O) groups excluding carboxylic acids is 1. The Kier molecular flexibility index (Phi) is 5.48. The van der Waals surface area contributed by atoms with Crippen molar-refractivity contribution in [1.82, 2.24) is 5.32 Å². The van der Waals surface area contributed by atoms with Crippen molar-refractivity contribution in [2.75, 3.05) is 18.6 Å². The van der Waals surface area contributed by atoms with Gasteiger partial charge in [-0.3, -0.25) is 10.1 Å². The summed E-state index contributed by atoms with van der Waals surface area (Å²) in [7, 11) is 1.75. The van der Waals surface area contributed by atoms with Crippen molar-refractivity contribution in [3.63, 3.8) is 0 Å². The molecule has 0 spiro atoms. The molecule has 1 amide bonds. The summed E-state index contributed by atoms with van der Waals surface area (Å²) in [5.74, 6) is 6.88. The number of nitrogens with one attached hydrogen (secondary N) is 1. The molecule has 2 aromatic rings. The first-order chi connectivity index (χ1) is 12.8. The van der Waals surface area contributed by atoms with Gasteiger partial charge >= 0.3 is 0 Å². The van der Waals surface area contributed by atoms with Gasteiger partial charge in [-0.2, -0.15) is 0 Å². The zero-order valence-corrected chi connectivity index (χ0v) is 15.8. The van der Waals surface area contributed by atoms with Gasteiger partial charge < -0.3 is 9.64 Å². The lowest BCUT2D eigenvalue weighted by Crippen LogP contribution is -2.37. The van der Waals surface area contributed by atoms with E-state index in [2.05, 4.69) is 17.2 Å². The van der Waals surface area contributed by atoms with Gasteiger partial charge in [-0.15, -0.1) is 0 Å². The van der Waals surface area contributed by atoms with Crippen LogP contribution < -0.4 is 15.0 Å². The molecule has 27 heavy (non-hydrogen) atoms. The van der Waals surface area contributed by atoms with E-state index in [1.54, 1.807) is 24.1 Å². The van der Waals surface area contributed by atoms with Crippen LogP contribution >= 0.6 is 0 Å². The minimum Gasteiger partial charge on any atom is -0.491 e. The molecule has 0 fully saturated rings. The number of hydrogen-bond acceptors (Lipinski definition) is 3. The molecule has 2 aromatic carbocycles. The summed E-state index contributed by atoms with van der Waals surface area (Å²) < 4.78 is 18.6. The lowest BCUT2D eigenvalue weighted by atomic mass is 10.0. The predicted molar refractivity (Wildman–Crippen MR) is 104 cm³/mol. The van der Waals surface area contributed by atoms with Crippen molar-refractivity contribution >= 4 is 11.6 Å². The summed E-state index contributed by atoms with van der Waals surface area (Å²) in [4.78, 5) is 13.6. The first-order valence-electron chi connectivity index (χ1n) is 8.90. The third-order valence-corrected chi connectivity index (χ3v) is 4.43. The molecule has 0 radical (unpaired) electrons. The zero-order chi connectivity index (χ0) is 19.4. The van der Waals surface area contributed by atoms with Gasteiger partial charge in [-0.05, 0) is 49.7 Å². The fourth-order valence-corrected chi connectivity index (χ4v) is 2.73. The molecule has 140 valence electrons. The fourth-order valence-electron chi connectivity index (χ4n) is 2.73. The number of benzene rings is 2.